The third-order valence-corrected chi connectivity index (χ3v) is 2.37. The van der Waals surface area contributed by atoms with Crippen LogP contribution >= 0.6 is 0 Å². The fraction of sp³-hybridized carbons (Fsp3) is 0.0769. The number of ether oxygens (including phenoxy) is 1. The first kappa shape index (κ1) is 11.9. The summed E-state index contributed by atoms with van der Waals surface area (Å²) in [6.07, 6.45) is 2.72. The molecule has 0 unspecified atom stereocenters. The molecule has 0 spiro atoms. The summed E-state index contributed by atoms with van der Waals surface area (Å²) in [5.74, 6) is -0.945. The second kappa shape index (κ2) is 5.18. The van der Waals surface area contributed by atoms with Crippen LogP contribution in [0.4, 0.5) is 0 Å². The number of amides is 1. The SMILES string of the molecule is NC(=O)c1ccc(COC(=O)c2ccoc2)cc1. The summed E-state index contributed by atoms with van der Waals surface area (Å²) in [6, 6.07) is 8.07. The van der Waals surface area contributed by atoms with Gasteiger partial charge in [0.15, 0.2) is 0 Å². The van der Waals surface area contributed by atoms with Crippen LogP contribution in [0, 0.1) is 0 Å². The van der Waals surface area contributed by atoms with E-state index in [1.165, 1.54) is 18.6 Å². The maximum absolute atomic E-state index is 11.5. The van der Waals surface area contributed by atoms with E-state index < -0.39 is 11.9 Å². The number of primary amides is 1. The summed E-state index contributed by atoms with van der Waals surface area (Å²) in [5, 5.41) is 0. The molecule has 0 saturated heterocycles. The lowest BCUT2D eigenvalue weighted by atomic mass is 10.1. The van der Waals surface area contributed by atoms with Gasteiger partial charge in [0.05, 0.1) is 11.8 Å². The highest BCUT2D eigenvalue weighted by molar-refractivity contribution is 5.92. The molecule has 2 rings (SSSR count). The van der Waals surface area contributed by atoms with Crippen LogP contribution < -0.4 is 5.73 Å². The van der Waals surface area contributed by atoms with Crippen molar-refractivity contribution >= 4 is 11.9 Å². The fourth-order valence-corrected chi connectivity index (χ4v) is 1.38. The van der Waals surface area contributed by atoms with Gasteiger partial charge in [0.1, 0.15) is 12.9 Å². The molecule has 1 aromatic heterocycles. The van der Waals surface area contributed by atoms with Crippen LogP contribution in [0.1, 0.15) is 26.3 Å². The minimum absolute atomic E-state index is 0.128. The molecule has 0 aliphatic rings. The fourth-order valence-electron chi connectivity index (χ4n) is 1.38. The Morgan fingerprint density at radius 2 is 1.83 bits per heavy atom. The molecule has 5 nitrogen and oxygen atoms in total. The van der Waals surface area contributed by atoms with Gasteiger partial charge in [0.25, 0.3) is 0 Å². The summed E-state index contributed by atoms with van der Waals surface area (Å²) in [7, 11) is 0. The van der Waals surface area contributed by atoms with Crippen LogP contribution in [0.25, 0.3) is 0 Å². The predicted molar refractivity (Wildman–Crippen MR) is 62.8 cm³/mol. The number of carbonyl (C=O) groups is 2. The predicted octanol–water partition coefficient (Wildman–Crippen LogP) is 1.74. The zero-order valence-corrected chi connectivity index (χ0v) is 9.46. The van der Waals surface area contributed by atoms with Crippen LogP contribution in [0.5, 0.6) is 0 Å². The van der Waals surface area contributed by atoms with Gasteiger partial charge < -0.3 is 14.9 Å². The molecule has 0 aliphatic carbocycles. The normalized spacial score (nSPS) is 10.0. The monoisotopic (exact) mass is 245 g/mol. The van der Waals surface area contributed by atoms with E-state index >= 15 is 0 Å². The summed E-state index contributed by atoms with van der Waals surface area (Å²) in [6.45, 7) is 0.128. The molecule has 0 radical (unpaired) electrons. The molecule has 0 aliphatic heterocycles. The molecular formula is C13H11NO4. The molecule has 92 valence electrons. The largest absolute Gasteiger partial charge is 0.472 e. The Morgan fingerprint density at radius 1 is 1.11 bits per heavy atom. The lowest BCUT2D eigenvalue weighted by Gasteiger charge is -2.03. The Hall–Kier alpha value is -2.56. The summed E-state index contributed by atoms with van der Waals surface area (Å²) >= 11 is 0. The van der Waals surface area contributed by atoms with Crippen molar-refractivity contribution in [2.75, 3.05) is 0 Å². The second-order valence-electron chi connectivity index (χ2n) is 3.65. The van der Waals surface area contributed by atoms with Gasteiger partial charge in [-0.05, 0) is 23.8 Å². The molecule has 2 aromatic rings. The van der Waals surface area contributed by atoms with Crippen LogP contribution in [0.3, 0.4) is 0 Å². The van der Waals surface area contributed by atoms with Crippen LogP contribution in [0.15, 0.2) is 47.3 Å². The topological polar surface area (TPSA) is 82.5 Å². The van der Waals surface area contributed by atoms with Crippen molar-refractivity contribution < 1.29 is 18.7 Å². The number of hydrogen-bond donors (Lipinski definition) is 1. The zero-order chi connectivity index (χ0) is 13.0. The molecule has 1 aromatic carbocycles. The van der Waals surface area contributed by atoms with Crippen LogP contribution in [0.2, 0.25) is 0 Å². The van der Waals surface area contributed by atoms with Crippen molar-refractivity contribution in [3.8, 4) is 0 Å². The number of rotatable bonds is 4. The van der Waals surface area contributed by atoms with E-state index in [-0.39, 0.29) is 6.61 Å². The number of carbonyl (C=O) groups excluding carboxylic acids is 2. The average molecular weight is 245 g/mol. The lowest BCUT2D eigenvalue weighted by molar-refractivity contribution is 0.0471. The molecule has 2 N–H and O–H groups in total. The van der Waals surface area contributed by atoms with Crippen molar-refractivity contribution in [3.05, 3.63) is 59.5 Å². The van der Waals surface area contributed by atoms with Crippen molar-refractivity contribution in [3.63, 3.8) is 0 Å². The van der Waals surface area contributed by atoms with E-state index in [4.69, 9.17) is 14.9 Å². The molecular weight excluding hydrogens is 234 g/mol. The Bertz CT molecular complexity index is 543. The van der Waals surface area contributed by atoms with Crippen molar-refractivity contribution in [1.29, 1.82) is 0 Å². The van der Waals surface area contributed by atoms with Crippen molar-refractivity contribution in [2.24, 2.45) is 5.73 Å². The Labute approximate surface area is 103 Å². The quantitative estimate of drug-likeness (QED) is 0.831. The average Bonchev–Trinajstić information content (AvgIpc) is 2.90. The number of esters is 1. The van der Waals surface area contributed by atoms with Gasteiger partial charge in [-0.1, -0.05) is 12.1 Å². The number of hydrogen-bond acceptors (Lipinski definition) is 4. The molecule has 5 heteroatoms. The highest BCUT2D eigenvalue weighted by atomic mass is 16.5. The molecule has 0 saturated carbocycles. The Morgan fingerprint density at radius 3 is 2.39 bits per heavy atom. The third-order valence-electron chi connectivity index (χ3n) is 2.37. The highest BCUT2D eigenvalue weighted by Crippen LogP contribution is 2.08. The minimum Gasteiger partial charge on any atom is -0.472 e. The zero-order valence-electron chi connectivity index (χ0n) is 9.46. The van der Waals surface area contributed by atoms with E-state index in [1.807, 2.05) is 0 Å². The smallest absolute Gasteiger partial charge is 0.341 e. The van der Waals surface area contributed by atoms with Gasteiger partial charge in [0, 0.05) is 5.56 Å². The first-order chi connectivity index (χ1) is 8.66. The molecule has 18 heavy (non-hydrogen) atoms. The van der Waals surface area contributed by atoms with Gasteiger partial charge in [0.2, 0.25) is 5.91 Å². The first-order valence-electron chi connectivity index (χ1n) is 5.25. The first-order valence-corrected chi connectivity index (χ1v) is 5.25. The lowest BCUT2D eigenvalue weighted by Crippen LogP contribution is -2.10. The summed E-state index contributed by atoms with van der Waals surface area (Å²) in [4.78, 5) is 22.4. The number of furan rings is 1. The number of nitrogens with two attached hydrogens (primary N) is 1. The van der Waals surface area contributed by atoms with E-state index in [0.717, 1.165) is 5.56 Å². The van der Waals surface area contributed by atoms with Crippen LogP contribution in [-0.4, -0.2) is 11.9 Å². The van der Waals surface area contributed by atoms with Crippen molar-refractivity contribution in [2.45, 2.75) is 6.61 Å². The maximum atomic E-state index is 11.5. The highest BCUT2D eigenvalue weighted by Gasteiger charge is 2.08. The van der Waals surface area contributed by atoms with Gasteiger partial charge in [-0.3, -0.25) is 4.79 Å². The van der Waals surface area contributed by atoms with Gasteiger partial charge >= 0.3 is 5.97 Å². The van der Waals surface area contributed by atoms with Gasteiger partial charge in [-0.25, -0.2) is 4.79 Å². The second-order valence-corrected chi connectivity index (χ2v) is 3.65. The summed E-state index contributed by atoms with van der Waals surface area (Å²) in [5.41, 5.74) is 6.67. The molecule has 1 heterocycles. The molecule has 0 bridgehead atoms. The van der Waals surface area contributed by atoms with Gasteiger partial charge in [-0.15, -0.1) is 0 Å². The molecule has 0 fully saturated rings. The molecule has 1 amide bonds. The standard InChI is InChI=1S/C13H11NO4/c14-12(15)10-3-1-9(2-4-10)7-18-13(16)11-5-6-17-8-11/h1-6,8H,7H2,(H2,14,15). The minimum atomic E-state index is -0.489. The van der Waals surface area contributed by atoms with Crippen LogP contribution in [-0.2, 0) is 11.3 Å². The molecule has 0 atom stereocenters. The van der Waals surface area contributed by atoms with E-state index in [0.29, 0.717) is 11.1 Å². The Kier molecular flexibility index (Phi) is 3.43. The number of benzene rings is 1. The van der Waals surface area contributed by atoms with Crippen molar-refractivity contribution in [1.82, 2.24) is 0 Å². The van der Waals surface area contributed by atoms with E-state index in [1.54, 1.807) is 24.3 Å². The van der Waals surface area contributed by atoms with Gasteiger partial charge in [-0.2, -0.15) is 0 Å². The van der Waals surface area contributed by atoms with E-state index in [2.05, 4.69) is 0 Å². The third kappa shape index (κ3) is 2.76. The summed E-state index contributed by atoms with van der Waals surface area (Å²) < 4.78 is 9.84. The van der Waals surface area contributed by atoms with E-state index in [9.17, 15) is 9.59 Å². The maximum Gasteiger partial charge on any atom is 0.341 e. The Balaban J connectivity index is 1.94.